The summed E-state index contributed by atoms with van der Waals surface area (Å²) >= 11 is 1.54. The van der Waals surface area contributed by atoms with Gasteiger partial charge in [0.15, 0.2) is 0 Å². The fraction of sp³-hybridized carbons (Fsp3) is 0.364. The first-order valence-electron chi connectivity index (χ1n) is 9.09. The maximum absolute atomic E-state index is 13.7. The number of aliphatic hydroxyl groups is 1. The highest BCUT2D eigenvalue weighted by molar-refractivity contribution is 7.19. The molecule has 0 fully saturated rings. The number of aryl methyl sites for hydroxylation is 1. The molecule has 28 heavy (non-hydrogen) atoms. The number of ether oxygens (including phenoxy) is 1. The van der Waals surface area contributed by atoms with Gasteiger partial charge in [-0.3, -0.25) is 0 Å². The molecule has 0 unspecified atom stereocenters. The van der Waals surface area contributed by atoms with E-state index in [-0.39, 0.29) is 24.5 Å². The molecule has 3 rings (SSSR count). The molecule has 3 nitrogen and oxygen atoms in total. The second-order valence-corrected chi connectivity index (χ2v) is 8.38. The zero-order chi connectivity index (χ0) is 20.6. The third-order valence-electron chi connectivity index (χ3n) is 5.17. The van der Waals surface area contributed by atoms with Gasteiger partial charge in [0, 0.05) is 40.1 Å². The standard InChI is InChI=1S/C22H24F2O3S/c1-12-13(2)18(22(4,23)24)6-5-15(12)11-27-16-9-19(26)21-17(7-8-25)14(3)28-20(21)10-16/h5-6,9-10,25-26H,7-8,11H2,1-4H3. The fourth-order valence-electron chi connectivity index (χ4n) is 3.53. The summed E-state index contributed by atoms with van der Waals surface area (Å²) in [7, 11) is 0. The molecule has 0 saturated carbocycles. The number of thiophene rings is 1. The highest BCUT2D eigenvalue weighted by Crippen LogP contribution is 2.40. The van der Waals surface area contributed by atoms with Crippen molar-refractivity contribution >= 4 is 21.4 Å². The number of hydrogen-bond acceptors (Lipinski definition) is 4. The van der Waals surface area contributed by atoms with E-state index in [0.29, 0.717) is 17.7 Å². The van der Waals surface area contributed by atoms with Gasteiger partial charge in [-0.2, -0.15) is 0 Å². The summed E-state index contributed by atoms with van der Waals surface area (Å²) in [6.07, 6.45) is 0.493. The number of hydrogen-bond donors (Lipinski definition) is 2. The molecule has 2 aromatic carbocycles. The van der Waals surface area contributed by atoms with Crippen LogP contribution in [0.2, 0.25) is 0 Å². The molecule has 0 atom stereocenters. The lowest BCUT2D eigenvalue weighted by atomic mass is 9.95. The molecule has 6 heteroatoms. The summed E-state index contributed by atoms with van der Waals surface area (Å²) in [6.45, 7) is 6.62. The molecule has 0 saturated heterocycles. The van der Waals surface area contributed by atoms with Crippen molar-refractivity contribution in [1.29, 1.82) is 0 Å². The maximum Gasteiger partial charge on any atom is 0.270 e. The molecule has 2 N–H and O–H groups in total. The number of phenolic OH excluding ortho intramolecular Hbond substituents is 1. The van der Waals surface area contributed by atoms with Crippen LogP contribution in [0.15, 0.2) is 24.3 Å². The first kappa shape index (κ1) is 20.6. The molecular formula is C22H24F2O3S. The molecule has 1 heterocycles. The average Bonchev–Trinajstić information content (AvgIpc) is 2.91. The topological polar surface area (TPSA) is 49.7 Å². The minimum absolute atomic E-state index is 0.0236. The zero-order valence-electron chi connectivity index (χ0n) is 16.4. The van der Waals surface area contributed by atoms with Crippen molar-refractivity contribution in [2.24, 2.45) is 0 Å². The molecule has 0 radical (unpaired) electrons. The zero-order valence-corrected chi connectivity index (χ0v) is 17.2. The Morgan fingerprint density at radius 2 is 1.82 bits per heavy atom. The third-order valence-corrected chi connectivity index (χ3v) is 6.27. The molecule has 0 bridgehead atoms. The normalized spacial score (nSPS) is 12.0. The van der Waals surface area contributed by atoms with E-state index in [1.807, 2.05) is 19.9 Å². The lowest BCUT2D eigenvalue weighted by Gasteiger charge is -2.18. The molecule has 3 aromatic rings. The summed E-state index contributed by atoms with van der Waals surface area (Å²) in [5.41, 5.74) is 3.15. The smallest absolute Gasteiger partial charge is 0.270 e. The van der Waals surface area contributed by atoms with Gasteiger partial charge in [-0.25, -0.2) is 8.78 Å². The Labute approximate surface area is 167 Å². The van der Waals surface area contributed by atoms with Crippen LogP contribution in [0.4, 0.5) is 8.78 Å². The van der Waals surface area contributed by atoms with Gasteiger partial charge < -0.3 is 14.9 Å². The molecule has 1 aromatic heterocycles. The Kier molecular flexibility index (Phi) is 5.64. The van der Waals surface area contributed by atoms with Gasteiger partial charge in [-0.15, -0.1) is 11.3 Å². The predicted molar refractivity (Wildman–Crippen MR) is 109 cm³/mol. The van der Waals surface area contributed by atoms with Gasteiger partial charge in [0.05, 0.1) is 0 Å². The van der Waals surface area contributed by atoms with Gasteiger partial charge in [0.1, 0.15) is 18.1 Å². The molecule has 0 aliphatic rings. The van der Waals surface area contributed by atoms with Crippen LogP contribution in [-0.2, 0) is 19.0 Å². The lowest BCUT2D eigenvalue weighted by Crippen LogP contribution is -2.11. The molecule has 0 aliphatic carbocycles. The van der Waals surface area contributed by atoms with Gasteiger partial charge in [-0.05, 0) is 55.5 Å². The van der Waals surface area contributed by atoms with Crippen molar-refractivity contribution in [3.8, 4) is 11.5 Å². The number of fused-ring (bicyclic) bond motifs is 1. The van der Waals surface area contributed by atoms with Gasteiger partial charge >= 0.3 is 0 Å². The summed E-state index contributed by atoms with van der Waals surface area (Å²) in [4.78, 5) is 1.05. The van der Waals surface area contributed by atoms with E-state index < -0.39 is 5.92 Å². The Hall–Kier alpha value is -2.18. The summed E-state index contributed by atoms with van der Waals surface area (Å²) in [6, 6.07) is 6.55. The second-order valence-electron chi connectivity index (χ2n) is 7.13. The van der Waals surface area contributed by atoms with E-state index >= 15 is 0 Å². The predicted octanol–water partition coefficient (Wildman–Crippen LogP) is 5.76. The van der Waals surface area contributed by atoms with E-state index in [9.17, 15) is 19.0 Å². The van der Waals surface area contributed by atoms with Gasteiger partial charge in [-0.1, -0.05) is 12.1 Å². The van der Waals surface area contributed by atoms with Gasteiger partial charge in [0.25, 0.3) is 5.92 Å². The van der Waals surface area contributed by atoms with Crippen LogP contribution in [0.1, 0.15) is 39.6 Å². The molecule has 0 spiro atoms. The lowest BCUT2D eigenvalue weighted by molar-refractivity contribution is 0.0167. The van der Waals surface area contributed by atoms with Crippen molar-refractivity contribution in [3.63, 3.8) is 0 Å². The number of benzene rings is 2. The number of rotatable bonds is 6. The third kappa shape index (κ3) is 3.84. The Balaban J connectivity index is 1.87. The van der Waals surface area contributed by atoms with Crippen LogP contribution in [0.5, 0.6) is 11.5 Å². The quantitative estimate of drug-likeness (QED) is 0.547. The van der Waals surface area contributed by atoms with Crippen molar-refractivity contribution in [1.82, 2.24) is 0 Å². The number of phenols is 1. The van der Waals surface area contributed by atoms with Crippen LogP contribution in [0, 0.1) is 20.8 Å². The second kappa shape index (κ2) is 7.68. The summed E-state index contributed by atoms with van der Waals surface area (Å²) in [5, 5.41) is 20.5. The maximum atomic E-state index is 13.7. The van der Waals surface area contributed by atoms with Crippen LogP contribution in [-0.4, -0.2) is 16.8 Å². The highest BCUT2D eigenvalue weighted by Gasteiger charge is 2.27. The first-order valence-corrected chi connectivity index (χ1v) is 9.91. The Morgan fingerprint density at radius 1 is 1.11 bits per heavy atom. The minimum Gasteiger partial charge on any atom is -0.507 e. The van der Waals surface area contributed by atoms with Gasteiger partial charge in [0.2, 0.25) is 0 Å². The van der Waals surface area contributed by atoms with Crippen molar-refractivity contribution < 1.29 is 23.7 Å². The monoisotopic (exact) mass is 406 g/mol. The number of aromatic hydroxyl groups is 1. The van der Waals surface area contributed by atoms with Crippen molar-refractivity contribution in [3.05, 3.63) is 57.0 Å². The fourth-order valence-corrected chi connectivity index (χ4v) is 4.69. The Morgan fingerprint density at radius 3 is 2.46 bits per heavy atom. The molecule has 150 valence electrons. The van der Waals surface area contributed by atoms with E-state index in [2.05, 4.69) is 0 Å². The summed E-state index contributed by atoms with van der Waals surface area (Å²) in [5.74, 6) is -2.24. The SMILES string of the molecule is Cc1sc2cc(OCc3ccc(C(C)(F)F)c(C)c3C)cc(O)c2c1CCO. The molecule has 0 amide bonds. The number of halogens is 2. The van der Waals surface area contributed by atoms with E-state index in [1.54, 1.807) is 30.4 Å². The average molecular weight is 406 g/mol. The van der Waals surface area contributed by atoms with Crippen molar-refractivity contribution in [2.75, 3.05) is 6.61 Å². The minimum atomic E-state index is -2.88. The number of aliphatic hydroxyl groups excluding tert-OH is 1. The van der Waals surface area contributed by atoms with E-state index in [1.165, 1.54) is 6.07 Å². The van der Waals surface area contributed by atoms with E-state index in [4.69, 9.17) is 4.74 Å². The highest BCUT2D eigenvalue weighted by atomic mass is 32.1. The number of alkyl halides is 2. The van der Waals surface area contributed by atoms with Crippen LogP contribution in [0.3, 0.4) is 0 Å². The van der Waals surface area contributed by atoms with E-state index in [0.717, 1.165) is 38.6 Å². The van der Waals surface area contributed by atoms with Crippen LogP contribution in [0.25, 0.3) is 10.1 Å². The van der Waals surface area contributed by atoms with Crippen LogP contribution < -0.4 is 4.74 Å². The molecule has 0 aliphatic heterocycles. The first-order chi connectivity index (χ1) is 13.1. The molecular weight excluding hydrogens is 382 g/mol. The largest absolute Gasteiger partial charge is 0.507 e. The van der Waals surface area contributed by atoms with Crippen LogP contribution >= 0.6 is 11.3 Å². The summed E-state index contributed by atoms with van der Waals surface area (Å²) < 4.78 is 34.1. The Bertz CT molecular complexity index is 1020. The van der Waals surface area contributed by atoms with Crippen molar-refractivity contribution in [2.45, 2.75) is 46.6 Å².